The summed E-state index contributed by atoms with van der Waals surface area (Å²) in [6, 6.07) is 0.0983. The summed E-state index contributed by atoms with van der Waals surface area (Å²) in [5.41, 5.74) is 1.65. The zero-order valence-corrected chi connectivity index (χ0v) is 12.7. The second kappa shape index (κ2) is 5.77. The summed E-state index contributed by atoms with van der Waals surface area (Å²) in [5, 5.41) is 14.1. The van der Waals surface area contributed by atoms with E-state index in [1.165, 1.54) is 12.8 Å². The molecule has 6 nitrogen and oxygen atoms in total. The van der Waals surface area contributed by atoms with Crippen molar-refractivity contribution in [2.45, 2.75) is 45.3 Å². The molecule has 0 saturated carbocycles. The van der Waals surface area contributed by atoms with Crippen molar-refractivity contribution in [1.82, 2.24) is 15.0 Å². The van der Waals surface area contributed by atoms with E-state index in [4.69, 9.17) is 4.52 Å². The molecule has 1 amide bonds. The summed E-state index contributed by atoms with van der Waals surface area (Å²) >= 11 is 0. The fraction of sp³-hybridized carbons (Fsp3) is 0.733. The lowest BCUT2D eigenvalue weighted by atomic mass is 10.1. The van der Waals surface area contributed by atoms with E-state index in [1.54, 1.807) is 4.90 Å². The normalized spacial score (nSPS) is 26.7. The quantitative estimate of drug-likeness (QED) is 0.879. The number of nitrogens with zero attached hydrogens (tertiary/aromatic N) is 3. The Morgan fingerprint density at radius 2 is 2.05 bits per heavy atom. The van der Waals surface area contributed by atoms with Gasteiger partial charge in [0.15, 0.2) is 0 Å². The van der Waals surface area contributed by atoms with E-state index in [0.29, 0.717) is 25.3 Å². The third-order valence-electron chi connectivity index (χ3n) is 4.73. The highest BCUT2D eigenvalue weighted by Gasteiger charge is 2.38. The van der Waals surface area contributed by atoms with Crippen LogP contribution in [-0.4, -0.2) is 64.3 Å². The molecular weight excluding hydrogens is 270 g/mol. The molecule has 2 saturated heterocycles. The second-order valence-electron chi connectivity index (χ2n) is 6.16. The molecule has 0 bridgehead atoms. The Balaban J connectivity index is 1.63. The third-order valence-corrected chi connectivity index (χ3v) is 4.73. The second-order valence-corrected chi connectivity index (χ2v) is 6.16. The minimum atomic E-state index is -0.434. The molecule has 21 heavy (non-hydrogen) atoms. The Bertz CT molecular complexity index is 503. The number of β-amino-alcohol motifs (C(OH)–C–C–N with tert-alkyl or cyclic N) is 1. The molecule has 116 valence electrons. The molecule has 3 heterocycles. The number of amides is 1. The summed E-state index contributed by atoms with van der Waals surface area (Å²) in [7, 11) is 0. The van der Waals surface area contributed by atoms with Crippen molar-refractivity contribution in [3.8, 4) is 0 Å². The molecule has 2 atom stereocenters. The van der Waals surface area contributed by atoms with Crippen LogP contribution in [0.2, 0.25) is 0 Å². The fourth-order valence-electron chi connectivity index (χ4n) is 3.42. The van der Waals surface area contributed by atoms with Gasteiger partial charge in [-0.25, -0.2) is 0 Å². The van der Waals surface area contributed by atoms with Gasteiger partial charge >= 0.3 is 0 Å². The first-order valence-electron chi connectivity index (χ1n) is 7.68. The largest absolute Gasteiger partial charge is 0.390 e. The zero-order valence-electron chi connectivity index (χ0n) is 12.7. The van der Waals surface area contributed by atoms with E-state index in [9.17, 15) is 9.90 Å². The highest BCUT2D eigenvalue weighted by atomic mass is 16.5. The lowest BCUT2D eigenvalue weighted by molar-refractivity contribution is -0.129. The minimum Gasteiger partial charge on any atom is -0.390 e. The topological polar surface area (TPSA) is 69.8 Å². The molecule has 2 aliphatic heterocycles. The van der Waals surface area contributed by atoms with Gasteiger partial charge in [0, 0.05) is 18.7 Å². The molecule has 0 aromatic carbocycles. The Morgan fingerprint density at radius 1 is 1.33 bits per heavy atom. The number of hydrogen-bond donors (Lipinski definition) is 1. The molecule has 0 unspecified atom stereocenters. The van der Waals surface area contributed by atoms with Crippen LogP contribution in [0.3, 0.4) is 0 Å². The van der Waals surface area contributed by atoms with Crippen LogP contribution in [0.1, 0.15) is 29.9 Å². The van der Waals surface area contributed by atoms with E-state index in [1.807, 2.05) is 13.8 Å². The lowest BCUT2D eigenvalue weighted by Gasteiger charge is -2.25. The fourth-order valence-corrected chi connectivity index (χ4v) is 3.42. The van der Waals surface area contributed by atoms with Gasteiger partial charge in [-0.2, -0.15) is 0 Å². The summed E-state index contributed by atoms with van der Waals surface area (Å²) in [6.07, 6.45) is 2.25. The van der Waals surface area contributed by atoms with Crippen LogP contribution < -0.4 is 0 Å². The Labute approximate surface area is 124 Å². The molecule has 2 aliphatic rings. The predicted octanol–water partition coefficient (Wildman–Crippen LogP) is 0.501. The van der Waals surface area contributed by atoms with Crippen LogP contribution >= 0.6 is 0 Å². The number of aliphatic hydroxyl groups is 1. The molecule has 2 fully saturated rings. The number of likely N-dealkylation sites (tertiary alicyclic amines) is 2. The standard InChI is InChI=1S/C15H23N3O3/c1-10-12(11(2)21-16-10)7-15(20)18-8-13(14(19)9-18)17-5-3-4-6-17/h13-14,19H,3-9H2,1-2H3/t13-,14-/m1/s1. The molecular formula is C15H23N3O3. The third kappa shape index (κ3) is 2.82. The molecule has 1 aromatic rings. The molecule has 0 aliphatic carbocycles. The Kier molecular flexibility index (Phi) is 3.99. The van der Waals surface area contributed by atoms with Crippen LogP contribution in [-0.2, 0) is 11.2 Å². The van der Waals surface area contributed by atoms with Crippen molar-refractivity contribution >= 4 is 5.91 Å². The average molecular weight is 293 g/mol. The maximum atomic E-state index is 12.4. The average Bonchev–Trinajstić information content (AvgIpc) is 3.15. The van der Waals surface area contributed by atoms with Crippen molar-refractivity contribution in [2.24, 2.45) is 0 Å². The van der Waals surface area contributed by atoms with Crippen molar-refractivity contribution in [3.05, 3.63) is 17.0 Å². The van der Waals surface area contributed by atoms with E-state index >= 15 is 0 Å². The number of aryl methyl sites for hydroxylation is 2. The maximum absolute atomic E-state index is 12.4. The van der Waals surface area contributed by atoms with Crippen LogP contribution in [0, 0.1) is 13.8 Å². The van der Waals surface area contributed by atoms with E-state index in [-0.39, 0.29) is 11.9 Å². The first kappa shape index (κ1) is 14.5. The number of carbonyl (C=O) groups excluding carboxylic acids is 1. The van der Waals surface area contributed by atoms with Crippen LogP contribution in [0.5, 0.6) is 0 Å². The van der Waals surface area contributed by atoms with Crippen LogP contribution in [0.15, 0.2) is 4.52 Å². The maximum Gasteiger partial charge on any atom is 0.227 e. The van der Waals surface area contributed by atoms with Gasteiger partial charge in [0.2, 0.25) is 5.91 Å². The van der Waals surface area contributed by atoms with Gasteiger partial charge in [0.05, 0.1) is 24.3 Å². The first-order valence-corrected chi connectivity index (χ1v) is 7.68. The molecule has 1 aromatic heterocycles. The summed E-state index contributed by atoms with van der Waals surface area (Å²) in [4.78, 5) is 16.5. The molecule has 6 heteroatoms. The van der Waals surface area contributed by atoms with Crippen LogP contribution in [0.25, 0.3) is 0 Å². The van der Waals surface area contributed by atoms with Gasteiger partial charge in [-0.05, 0) is 39.8 Å². The molecule has 0 radical (unpaired) electrons. The highest BCUT2D eigenvalue weighted by molar-refractivity contribution is 5.79. The van der Waals surface area contributed by atoms with E-state index < -0.39 is 6.10 Å². The van der Waals surface area contributed by atoms with Gasteiger partial charge < -0.3 is 14.5 Å². The smallest absolute Gasteiger partial charge is 0.227 e. The van der Waals surface area contributed by atoms with Crippen molar-refractivity contribution in [2.75, 3.05) is 26.2 Å². The number of aromatic nitrogens is 1. The van der Waals surface area contributed by atoms with E-state index in [0.717, 1.165) is 24.3 Å². The monoisotopic (exact) mass is 293 g/mol. The van der Waals surface area contributed by atoms with Gasteiger partial charge in [-0.3, -0.25) is 9.69 Å². The first-order chi connectivity index (χ1) is 10.1. The molecule has 3 rings (SSSR count). The molecule has 1 N–H and O–H groups in total. The summed E-state index contributed by atoms with van der Waals surface area (Å²) in [5.74, 6) is 0.752. The van der Waals surface area contributed by atoms with Crippen LogP contribution in [0.4, 0.5) is 0 Å². The SMILES string of the molecule is Cc1noc(C)c1CC(=O)N1C[C@@H](O)[C@H](N2CCCC2)C1. The molecule has 0 spiro atoms. The van der Waals surface area contributed by atoms with Crippen molar-refractivity contribution in [1.29, 1.82) is 0 Å². The zero-order chi connectivity index (χ0) is 15.0. The Morgan fingerprint density at radius 3 is 2.67 bits per heavy atom. The van der Waals surface area contributed by atoms with Gasteiger partial charge in [0.25, 0.3) is 0 Å². The summed E-state index contributed by atoms with van der Waals surface area (Å²) < 4.78 is 5.10. The van der Waals surface area contributed by atoms with E-state index in [2.05, 4.69) is 10.1 Å². The summed E-state index contributed by atoms with van der Waals surface area (Å²) in [6.45, 7) is 6.81. The van der Waals surface area contributed by atoms with Gasteiger partial charge in [0.1, 0.15) is 5.76 Å². The van der Waals surface area contributed by atoms with Gasteiger partial charge in [-0.15, -0.1) is 0 Å². The Hall–Kier alpha value is -1.40. The predicted molar refractivity (Wildman–Crippen MR) is 76.9 cm³/mol. The number of carbonyl (C=O) groups is 1. The van der Waals surface area contributed by atoms with Crippen molar-refractivity contribution in [3.63, 3.8) is 0 Å². The number of hydrogen-bond acceptors (Lipinski definition) is 5. The number of aliphatic hydroxyl groups excluding tert-OH is 1. The lowest BCUT2D eigenvalue weighted by Crippen LogP contribution is -2.41. The number of rotatable bonds is 3. The van der Waals surface area contributed by atoms with Gasteiger partial charge in [-0.1, -0.05) is 5.16 Å². The van der Waals surface area contributed by atoms with Crippen molar-refractivity contribution < 1.29 is 14.4 Å². The highest BCUT2D eigenvalue weighted by Crippen LogP contribution is 2.22. The minimum absolute atomic E-state index is 0.0464.